The van der Waals surface area contributed by atoms with Crippen LogP contribution in [0, 0.1) is 0 Å². The maximum Gasteiger partial charge on any atom is 0.374 e. The van der Waals surface area contributed by atoms with E-state index in [1.807, 2.05) is 31.3 Å². The Morgan fingerprint density at radius 1 is 1.39 bits per heavy atom. The Morgan fingerprint density at radius 3 is 2.96 bits per heavy atom. The van der Waals surface area contributed by atoms with Gasteiger partial charge >= 0.3 is 5.97 Å². The molecule has 1 unspecified atom stereocenters. The summed E-state index contributed by atoms with van der Waals surface area (Å²) in [6.07, 6.45) is 2.29. The van der Waals surface area contributed by atoms with Gasteiger partial charge in [0.2, 0.25) is 11.7 Å². The van der Waals surface area contributed by atoms with Gasteiger partial charge in [-0.15, -0.1) is 11.8 Å². The third-order valence-electron chi connectivity index (χ3n) is 3.65. The zero-order valence-electron chi connectivity index (χ0n) is 12.7. The summed E-state index contributed by atoms with van der Waals surface area (Å²) in [4.78, 5) is 26.5. The van der Waals surface area contributed by atoms with Gasteiger partial charge in [0.1, 0.15) is 6.61 Å². The van der Waals surface area contributed by atoms with Gasteiger partial charge in [0.05, 0.1) is 11.5 Å². The van der Waals surface area contributed by atoms with E-state index in [0.717, 1.165) is 23.4 Å². The molecule has 0 aliphatic carbocycles. The maximum atomic E-state index is 12.0. The van der Waals surface area contributed by atoms with Gasteiger partial charge in [-0.25, -0.2) is 4.79 Å². The topological polar surface area (TPSA) is 59.8 Å². The fraction of sp³-hybridized carbons (Fsp3) is 0.294. The third-order valence-corrected chi connectivity index (χ3v) is 4.90. The van der Waals surface area contributed by atoms with Crippen LogP contribution in [0.25, 0.3) is 0 Å². The first-order chi connectivity index (χ1) is 11.1. The minimum absolute atomic E-state index is 0.0269. The second kappa shape index (κ2) is 6.91. The SMILES string of the molecule is CN1CCC(Sc2cccc(COC(=O)c3ccco3)c2)C1=O. The lowest BCUT2D eigenvalue weighted by Crippen LogP contribution is -2.23. The van der Waals surface area contributed by atoms with Crippen LogP contribution in [0.1, 0.15) is 22.5 Å². The zero-order valence-corrected chi connectivity index (χ0v) is 13.5. The molecule has 0 N–H and O–H groups in total. The molecule has 6 heteroatoms. The maximum absolute atomic E-state index is 12.0. The molecule has 1 aliphatic heterocycles. The van der Waals surface area contributed by atoms with Crippen molar-refractivity contribution in [1.29, 1.82) is 0 Å². The van der Waals surface area contributed by atoms with E-state index < -0.39 is 5.97 Å². The van der Waals surface area contributed by atoms with Gasteiger partial charge in [0.25, 0.3) is 0 Å². The van der Waals surface area contributed by atoms with E-state index in [4.69, 9.17) is 9.15 Å². The highest BCUT2D eigenvalue weighted by Crippen LogP contribution is 2.30. The number of esters is 1. The molecule has 120 valence electrons. The van der Waals surface area contributed by atoms with E-state index in [0.29, 0.717) is 0 Å². The molecule has 23 heavy (non-hydrogen) atoms. The molecule has 5 nitrogen and oxygen atoms in total. The van der Waals surface area contributed by atoms with Crippen molar-refractivity contribution in [2.45, 2.75) is 23.2 Å². The molecular weight excluding hydrogens is 314 g/mol. The minimum atomic E-state index is -0.486. The van der Waals surface area contributed by atoms with Crippen LogP contribution >= 0.6 is 11.8 Å². The Kier molecular flexibility index (Phi) is 4.71. The van der Waals surface area contributed by atoms with Gasteiger partial charge < -0.3 is 14.1 Å². The van der Waals surface area contributed by atoms with Crippen molar-refractivity contribution in [3.63, 3.8) is 0 Å². The van der Waals surface area contributed by atoms with Crippen LogP contribution < -0.4 is 0 Å². The summed E-state index contributed by atoms with van der Waals surface area (Å²) < 4.78 is 10.2. The van der Waals surface area contributed by atoms with E-state index >= 15 is 0 Å². The van der Waals surface area contributed by atoms with Crippen molar-refractivity contribution < 1.29 is 18.7 Å². The summed E-state index contributed by atoms with van der Waals surface area (Å²) in [5, 5.41) is -0.0269. The number of carbonyl (C=O) groups is 2. The quantitative estimate of drug-likeness (QED) is 0.788. The first kappa shape index (κ1) is 15.7. The molecule has 1 aliphatic rings. The zero-order chi connectivity index (χ0) is 16.2. The molecule has 1 saturated heterocycles. The Morgan fingerprint density at radius 2 is 2.26 bits per heavy atom. The predicted molar refractivity (Wildman–Crippen MR) is 86.2 cm³/mol. The van der Waals surface area contributed by atoms with Crippen LogP contribution in [0.15, 0.2) is 52.0 Å². The largest absolute Gasteiger partial charge is 0.457 e. The number of carbonyl (C=O) groups excluding carboxylic acids is 2. The van der Waals surface area contributed by atoms with Crippen molar-refractivity contribution in [1.82, 2.24) is 4.90 Å². The molecular formula is C17H17NO4S. The number of likely N-dealkylation sites (tertiary alicyclic amines) is 1. The van der Waals surface area contributed by atoms with Gasteiger partial charge in [-0.1, -0.05) is 12.1 Å². The smallest absolute Gasteiger partial charge is 0.374 e. The van der Waals surface area contributed by atoms with Crippen molar-refractivity contribution in [2.24, 2.45) is 0 Å². The molecule has 2 heterocycles. The summed E-state index contributed by atoms with van der Waals surface area (Å²) in [5.41, 5.74) is 0.883. The van der Waals surface area contributed by atoms with Crippen LogP contribution in [-0.4, -0.2) is 35.6 Å². The highest BCUT2D eigenvalue weighted by atomic mass is 32.2. The van der Waals surface area contributed by atoms with Crippen molar-refractivity contribution in [2.75, 3.05) is 13.6 Å². The molecule has 3 rings (SSSR count). The van der Waals surface area contributed by atoms with Crippen LogP contribution in [0.5, 0.6) is 0 Å². The molecule has 1 atom stereocenters. The number of thioether (sulfide) groups is 1. The van der Waals surface area contributed by atoms with Gasteiger partial charge in [-0.05, 0) is 36.2 Å². The van der Waals surface area contributed by atoms with Gasteiger partial charge in [0.15, 0.2) is 0 Å². The van der Waals surface area contributed by atoms with E-state index in [1.165, 1.54) is 6.26 Å². The number of rotatable bonds is 5. The first-order valence-electron chi connectivity index (χ1n) is 7.34. The normalized spacial score (nSPS) is 17.5. The number of benzene rings is 1. The summed E-state index contributed by atoms with van der Waals surface area (Å²) in [5.74, 6) is -0.125. The number of nitrogens with zero attached hydrogens (tertiary/aromatic N) is 1. The Labute approximate surface area is 138 Å². The average molecular weight is 331 g/mol. The molecule has 0 bridgehead atoms. The minimum Gasteiger partial charge on any atom is -0.457 e. The summed E-state index contributed by atoms with van der Waals surface area (Å²) in [6.45, 7) is 0.976. The molecule has 1 aromatic carbocycles. The summed E-state index contributed by atoms with van der Waals surface area (Å²) in [7, 11) is 1.83. The lowest BCUT2D eigenvalue weighted by Gasteiger charge is -2.11. The van der Waals surface area contributed by atoms with Gasteiger partial charge in [0, 0.05) is 18.5 Å². The number of hydrogen-bond acceptors (Lipinski definition) is 5. The van der Waals surface area contributed by atoms with Crippen LogP contribution in [0.2, 0.25) is 0 Å². The molecule has 2 aromatic rings. The first-order valence-corrected chi connectivity index (χ1v) is 8.22. The number of ether oxygens (including phenoxy) is 1. The average Bonchev–Trinajstić information content (AvgIpc) is 3.19. The predicted octanol–water partition coefficient (Wildman–Crippen LogP) is 2.96. The van der Waals surface area contributed by atoms with Crippen LogP contribution in [0.3, 0.4) is 0 Å². The summed E-state index contributed by atoms with van der Waals surface area (Å²) >= 11 is 1.56. The van der Waals surface area contributed by atoms with E-state index in [2.05, 4.69) is 0 Å². The summed E-state index contributed by atoms with van der Waals surface area (Å²) in [6, 6.07) is 10.9. The molecule has 1 amide bonds. The second-order valence-corrected chi connectivity index (χ2v) is 6.63. The van der Waals surface area contributed by atoms with Crippen molar-refractivity contribution in [3.05, 3.63) is 54.0 Å². The Balaban J connectivity index is 1.59. The highest BCUT2D eigenvalue weighted by Gasteiger charge is 2.29. The number of hydrogen-bond donors (Lipinski definition) is 0. The van der Waals surface area contributed by atoms with E-state index in [9.17, 15) is 9.59 Å². The third kappa shape index (κ3) is 3.76. The van der Waals surface area contributed by atoms with Gasteiger partial charge in [-0.2, -0.15) is 0 Å². The van der Waals surface area contributed by atoms with E-state index in [1.54, 1.807) is 28.8 Å². The van der Waals surface area contributed by atoms with E-state index in [-0.39, 0.29) is 23.5 Å². The molecule has 1 fully saturated rings. The van der Waals surface area contributed by atoms with Crippen molar-refractivity contribution in [3.8, 4) is 0 Å². The fourth-order valence-electron chi connectivity index (χ4n) is 2.39. The number of amides is 1. The van der Waals surface area contributed by atoms with Crippen LogP contribution in [0.4, 0.5) is 0 Å². The Bertz CT molecular complexity index is 698. The van der Waals surface area contributed by atoms with Gasteiger partial charge in [-0.3, -0.25) is 4.79 Å². The molecule has 0 saturated carbocycles. The van der Waals surface area contributed by atoms with Crippen LogP contribution in [-0.2, 0) is 16.1 Å². The second-order valence-electron chi connectivity index (χ2n) is 5.36. The fourth-order valence-corrected chi connectivity index (χ4v) is 3.60. The lowest BCUT2D eigenvalue weighted by atomic mass is 10.2. The molecule has 1 aromatic heterocycles. The Hall–Kier alpha value is -2.21. The molecule has 0 radical (unpaired) electrons. The molecule has 0 spiro atoms. The monoisotopic (exact) mass is 331 g/mol. The number of furan rings is 1. The van der Waals surface area contributed by atoms with Crippen molar-refractivity contribution >= 4 is 23.6 Å². The lowest BCUT2D eigenvalue weighted by molar-refractivity contribution is -0.126. The highest BCUT2D eigenvalue weighted by molar-refractivity contribution is 8.00. The standard InChI is InChI=1S/C17H17NO4S/c1-18-8-7-15(16(18)19)23-13-5-2-4-12(10-13)11-22-17(20)14-6-3-9-21-14/h2-6,9-10,15H,7-8,11H2,1H3.